The van der Waals surface area contributed by atoms with Crippen LogP contribution in [0.5, 0.6) is 0 Å². The minimum absolute atomic E-state index is 0.404. The number of hydrogen-bond acceptors (Lipinski definition) is 5. The van der Waals surface area contributed by atoms with Gasteiger partial charge in [-0.3, -0.25) is 0 Å². The van der Waals surface area contributed by atoms with Gasteiger partial charge in [0, 0.05) is 31.4 Å². The number of aromatic nitrogens is 2. The van der Waals surface area contributed by atoms with Gasteiger partial charge in [0.25, 0.3) is 0 Å². The molecule has 1 aromatic rings. The summed E-state index contributed by atoms with van der Waals surface area (Å²) in [5.41, 5.74) is 1.10. The van der Waals surface area contributed by atoms with Crippen molar-refractivity contribution < 1.29 is 4.74 Å². The third-order valence-corrected chi connectivity index (χ3v) is 4.14. The highest BCUT2D eigenvalue weighted by molar-refractivity contribution is 5.57. The topological polar surface area (TPSA) is 59.1 Å². The third-order valence-electron chi connectivity index (χ3n) is 4.14. The number of ether oxygens (including phenoxy) is 1. The zero-order valence-electron chi connectivity index (χ0n) is 13.7. The highest BCUT2D eigenvalue weighted by Gasteiger charge is 2.21. The lowest BCUT2D eigenvalue weighted by Gasteiger charge is -2.29. The Kier molecular flexibility index (Phi) is 5.79. The molecule has 1 unspecified atom stereocenters. The molecule has 5 heteroatoms. The normalized spacial score (nSPS) is 17.5. The average Bonchev–Trinajstić information content (AvgIpc) is 2.50. The van der Waals surface area contributed by atoms with Gasteiger partial charge < -0.3 is 15.4 Å². The molecule has 0 aliphatic carbocycles. The fourth-order valence-electron chi connectivity index (χ4n) is 2.73. The fourth-order valence-corrected chi connectivity index (χ4v) is 2.73. The van der Waals surface area contributed by atoms with E-state index in [9.17, 15) is 0 Å². The summed E-state index contributed by atoms with van der Waals surface area (Å²) in [6, 6.07) is 0.404. The first kappa shape index (κ1) is 16.0. The maximum atomic E-state index is 5.44. The van der Waals surface area contributed by atoms with Crippen LogP contribution in [0.25, 0.3) is 0 Å². The Labute approximate surface area is 127 Å². The largest absolute Gasteiger partial charge is 0.381 e. The molecule has 21 heavy (non-hydrogen) atoms. The number of nitrogens with one attached hydrogen (secondary N) is 2. The molecule has 1 atom stereocenters. The summed E-state index contributed by atoms with van der Waals surface area (Å²) in [6.07, 6.45) is 3.33. The van der Waals surface area contributed by atoms with Crippen molar-refractivity contribution in [1.82, 2.24) is 9.97 Å². The molecule has 0 aromatic carbocycles. The van der Waals surface area contributed by atoms with Crippen molar-refractivity contribution in [3.8, 4) is 0 Å². The van der Waals surface area contributed by atoms with E-state index in [1.807, 2.05) is 6.92 Å². The maximum absolute atomic E-state index is 5.44. The second kappa shape index (κ2) is 7.59. The van der Waals surface area contributed by atoms with Crippen LogP contribution >= 0.6 is 0 Å². The fraction of sp³-hybridized carbons (Fsp3) is 0.750. The molecule has 0 bridgehead atoms. The number of anilines is 2. The summed E-state index contributed by atoms with van der Waals surface area (Å²) in [5, 5.41) is 6.98. The zero-order chi connectivity index (χ0) is 15.2. The van der Waals surface area contributed by atoms with Crippen molar-refractivity contribution >= 4 is 11.6 Å². The molecule has 0 saturated carbocycles. The SMILES string of the molecule is CCCNc1nc(C)nc(NC(C)C2CCOCC2)c1C. The smallest absolute Gasteiger partial charge is 0.134 e. The van der Waals surface area contributed by atoms with Gasteiger partial charge in [-0.1, -0.05) is 6.92 Å². The summed E-state index contributed by atoms with van der Waals surface area (Å²) >= 11 is 0. The quantitative estimate of drug-likeness (QED) is 0.843. The Morgan fingerprint density at radius 3 is 2.52 bits per heavy atom. The van der Waals surface area contributed by atoms with Crippen LogP contribution < -0.4 is 10.6 Å². The summed E-state index contributed by atoms with van der Waals surface area (Å²) in [6.45, 7) is 11.1. The Bertz CT molecular complexity index is 458. The van der Waals surface area contributed by atoms with Gasteiger partial charge in [-0.25, -0.2) is 9.97 Å². The molecule has 1 fully saturated rings. The minimum Gasteiger partial charge on any atom is -0.381 e. The van der Waals surface area contributed by atoms with Crippen molar-refractivity contribution in [2.75, 3.05) is 30.4 Å². The molecule has 2 heterocycles. The van der Waals surface area contributed by atoms with Crippen molar-refractivity contribution in [2.45, 2.75) is 53.0 Å². The Morgan fingerprint density at radius 1 is 1.19 bits per heavy atom. The molecular weight excluding hydrogens is 264 g/mol. The lowest BCUT2D eigenvalue weighted by Crippen LogP contribution is -2.31. The molecule has 0 amide bonds. The van der Waals surface area contributed by atoms with Crippen molar-refractivity contribution in [2.24, 2.45) is 5.92 Å². The van der Waals surface area contributed by atoms with Gasteiger partial charge in [-0.05, 0) is 46.0 Å². The maximum Gasteiger partial charge on any atom is 0.134 e. The van der Waals surface area contributed by atoms with E-state index in [2.05, 4.69) is 41.4 Å². The van der Waals surface area contributed by atoms with Gasteiger partial charge in [-0.15, -0.1) is 0 Å². The van der Waals surface area contributed by atoms with Gasteiger partial charge in [0.15, 0.2) is 0 Å². The number of aryl methyl sites for hydroxylation is 1. The first-order valence-electron chi connectivity index (χ1n) is 8.05. The van der Waals surface area contributed by atoms with E-state index < -0.39 is 0 Å². The highest BCUT2D eigenvalue weighted by Crippen LogP contribution is 2.25. The number of nitrogens with zero attached hydrogens (tertiary/aromatic N) is 2. The van der Waals surface area contributed by atoms with Crippen molar-refractivity contribution in [1.29, 1.82) is 0 Å². The van der Waals surface area contributed by atoms with Crippen LogP contribution in [0.4, 0.5) is 11.6 Å². The van der Waals surface area contributed by atoms with Crippen LogP contribution in [-0.4, -0.2) is 35.8 Å². The minimum atomic E-state index is 0.404. The first-order valence-corrected chi connectivity index (χ1v) is 8.05. The lowest BCUT2D eigenvalue weighted by molar-refractivity contribution is 0.0622. The Hall–Kier alpha value is -1.36. The Morgan fingerprint density at radius 2 is 1.86 bits per heavy atom. The standard InChI is InChI=1S/C16H28N4O/c1-5-8-17-15-11(2)16(20-13(4)19-15)18-12(3)14-6-9-21-10-7-14/h12,14H,5-10H2,1-4H3,(H2,17,18,19,20). The van der Waals surface area contributed by atoms with Crippen LogP contribution in [0, 0.1) is 19.8 Å². The molecule has 2 N–H and O–H groups in total. The van der Waals surface area contributed by atoms with Crippen molar-refractivity contribution in [3.05, 3.63) is 11.4 Å². The molecular formula is C16H28N4O. The van der Waals surface area contributed by atoms with E-state index in [0.717, 1.165) is 62.0 Å². The molecule has 0 radical (unpaired) electrons. The predicted molar refractivity (Wildman–Crippen MR) is 86.9 cm³/mol. The third kappa shape index (κ3) is 4.30. The summed E-state index contributed by atoms with van der Waals surface area (Å²) < 4.78 is 5.44. The van der Waals surface area contributed by atoms with Crippen LogP contribution in [0.15, 0.2) is 0 Å². The van der Waals surface area contributed by atoms with Gasteiger partial charge >= 0.3 is 0 Å². The molecule has 2 rings (SSSR count). The van der Waals surface area contributed by atoms with Crippen molar-refractivity contribution in [3.63, 3.8) is 0 Å². The van der Waals surface area contributed by atoms with E-state index in [-0.39, 0.29) is 0 Å². The van der Waals surface area contributed by atoms with Gasteiger partial charge in [0.2, 0.25) is 0 Å². The van der Waals surface area contributed by atoms with E-state index >= 15 is 0 Å². The van der Waals surface area contributed by atoms with Gasteiger partial charge in [0.05, 0.1) is 0 Å². The highest BCUT2D eigenvalue weighted by atomic mass is 16.5. The van der Waals surface area contributed by atoms with Crippen LogP contribution in [0.3, 0.4) is 0 Å². The summed E-state index contributed by atoms with van der Waals surface area (Å²) in [5.74, 6) is 3.37. The van der Waals surface area contributed by atoms with E-state index in [0.29, 0.717) is 12.0 Å². The molecule has 5 nitrogen and oxygen atoms in total. The average molecular weight is 292 g/mol. The van der Waals surface area contributed by atoms with E-state index in [4.69, 9.17) is 4.74 Å². The van der Waals surface area contributed by atoms with E-state index in [1.54, 1.807) is 0 Å². The van der Waals surface area contributed by atoms with Crippen LogP contribution in [0.2, 0.25) is 0 Å². The van der Waals surface area contributed by atoms with Gasteiger partial charge in [0.1, 0.15) is 17.5 Å². The molecule has 0 spiro atoms. The van der Waals surface area contributed by atoms with Crippen LogP contribution in [0.1, 0.15) is 44.5 Å². The van der Waals surface area contributed by atoms with E-state index in [1.165, 1.54) is 0 Å². The lowest BCUT2D eigenvalue weighted by atomic mass is 9.93. The second-order valence-electron chi connectivity index (χ2n) is 5.90. The molecule has 118 valence electrons. The van der Waals surface area contributed by atoms with Crippen LogP contribution in [-0.2, 0) is 4.74 Å². The Balaban J connectivity index is 2.09. The number of rotatable bonds is 6. The second-order valence-corrected chi connectivity index (χ2v) is 5.90. The summed E-state index contributed by atoms with van der Waals surface area (Å²) in [4.78, 5) is 9.09. The first-order chi connectivity index (χ1) is 10.1. The molecule has 1 saturated heterocycles. The predicted octanol–water partition coefficient (Wildman–Crippen LogP) is 3.14. The zero-order valence-corrected chi connectivity index (χ0v) is 13.7. The molecule has 1 aliphatic rings. The summed E-state index contributed by atoms with van der Waals surface area (Å²) in [7, 11) is 0. The number of hydrogen-bond donors (Lipinski definition) is 2. The molecule has 1 aromatic heterocycles. The van der Waals surface area contributed by atoms with Gasteiger partial charge in [-0.2, -0.15) is 0 Å². The monoisotopic (exact) mass is 292 g/mol. The molecule has 1 aliphatic heterocycles.